The molecule has 0 bridgehead atoms. The van der Waals surface area contributed by atoms with E-state index in [4.69, 9.17) is 23.2 Å². The Morgan fingerprint density at radius 1 is 1.29 bits per heavy atom. The Morgan fingerprint density at radius 2 is 2.06 bits per heavy atom. The lowest BCUT2D eigenvalue weighted by Gasteiger charge is -2.04. The number of carbonyl (C=O) groups excluding carboxylic acids is 1. The molecule has 0 aliphatic heterocycles. The van der Waals surface area contributed by atoms with Gasteiger partial charge in [-0.3, -0.25) is 9.48 Å². The quantitative estimate of drug-likeness (QED) is 0.911. The summed E-state index contributed by atoms with van der Waals surface area (Å²) in [5.74, 6) is -0.288. The molecule has 1 aromatic carbocycles. The standard InChI is InChI=1S/C11H9Cl2N3O/c1-16-5-4-10(15-16)11(17)14-7-2-3-8(12)9(13)6-7/h2-6H,1H3,(H,14,17). The van der Waals surface area contributed by atoms with Gasteiger partial charge >= 0.3 is 0 Å². The summed E-state index contributed by atoms with van der Waals surface area (Å²) in [6, 6.07) is 6.52. The number of amides is 1. The zero-order chi connectivity index (χ0) is 12.4. The van der Waals surface area contributed by atoms with Crippen molar-refractivity contribution in [3.05, 3.63) is 46.2 Å². The molecule has 6 heteroatoms. The summed E-state index contributed by atoms with van der Waals surface area (Å²) in [4.78, 5) is 11.8. The Labute approximate surface area is 108 Å². The molecule has 1 aromatic heterocycles. The van der Waals surface area contributed by atoms with E-state index in [0.29, 0.717) is 21.4 Å². The van der Waals surface area contributed by atoms with Gasteiger partial charge in [-0.2, -0.15) is 5.10 Å². The van der Waals surface area contributed by atoms with Crippen molar-refractivity contribution in [3.63, 3.8) is 0 Å². The Morgan fingerprint density at radius 3 is 2.65 bits per heavy atom. The summed E-state index contributed by atoms with van der Waals surface area (Å²) in [7, 11) is 1.75. The molecule has 0 unspecified atom stereocenters. The number of nitrogens with zero attached hydrogens (tertiary/aromatic N) is 2. The molecule has 88 valence electrons. The first-order valence-corrected chi connectivity index (χ1v) is 5.58. The van der Waals surface area contributed by atoms with Crippen LogP contribution in [0.5, 0.6) is 0 Å². The van der Waals surface area contributed by atoms with Gasteiger partial charge in [-0.1, -0.05) is 23.2 Å². The molecule has 2 rings (SSSR count). The molecule has 0 aliphatic carbocycles. The lowest BCUT2D eigenvalue weighted by atomic mass is 10.3. The number of carbonyl (C=O) groups is 1. The average Bonchev–Trinajstić information content (AvgIpc) is 2.70. The Kier molecular flexibility index (Phi) is 3.36. The van der Waals surface area contributed by atoms with Gasteiger partial charge in [0.15, 0.2) is 5.69 Å². The highest BCUT2D eigenvalue weighted by molar-refractivity contribution is 6.42. The van der Waals surface area contributed by atoms with E-state index in [9.17, 15) is 4.79 Å². The molecule has 0 spiro atoms. The third-order valence-electron chi connectivity index (χ3n) is 2.12. The number of halogens is 2. The molecule has 1 N–H and O–H groups in total. The lowest BCUT2D eigenvalue weighted by molar-refractivity contribution is 0.102. The van der Waals surface area contributed by atoms with E-state index < -0.39 is 0 Å². The summed E-state index contributed by atoms with van der Waals surface area (Å²) in [5.41, 5.74) is 0.925. The van der Waals surface area contributed by atoms with E-state index in [1.165, 1.54) is 0 Å². The van der Waals surface area contributed by atoms with Crippen molar-refractivity contribution < 1.29 is 4.79 Å². The van der Waals surface area contributed by atoms with Crippen LogP contribution in [0, 0.1) is 0 Å². The fraction of sp³-hybridized carbons (Fsp3) is 0.0909. The predicted molar refractivity (Wildman–Crippen MR) is 67.6 cm³/mol. The summed E-state index contributed by atoms with van der Waals surface area (Å²) in [5, 5.41) is 7.51. The molecule has 0 saturated heterocycles. The molecule has 0 radical (unpaired) electrons. The van der Waals surface area contributed by atoms with E-state index >= 15 is 0 Å². The lowest BCUT2D eigenvalue weighted by Crippen LogP contribution is -2.12. The number of hydrogen-bond acceptors (Lipinski definition) is 2. The predicted octanol–water partition coefficient (Wildman–Crippen LogP) is 2.98. The molecule has 1 heterocycles. The van der Waals surface area contributed by atoms with Crippen molar-refractivity contribution in [1.82, 2.24) is 9.78 Å². The fourth-order valence-corrected chi connectivity index (χ4v) is 1.60. The van der Waals surface area contributed by atoms with Crippen LogP contribution in [-0.4, -0.2) is 15.7 Å². The minimum atomic E-state index is -0.288. The van der Waals surface area contributed by atoms with Gasteiger partial charge in [-0.15, -0.1) is 0 Å². The summed E-state index contributed by atoms with van der Waals surface area (Å²) in [6.45, 7) is 0. The first-order chi connectivity index (χ1) is 8.06. The van der Waals surface area contributed by atoms with Crippen LogP contribution in [0.2, 0.25) is 10.0 Å². The molecule has 17 heavy (non-hydrogen) atoms. The second-order valence-electron chi connectivity index (χ2n) is 3.46. The number of aryl methyl sites for hydroxylation is 1. The van der Waals surface area contributed by atoms with Crippen LogP contribution in [0.1, 0.15) is 10.5 Å². The van der Waals surface area contributed by atoms with Gasteiger partial charge in [0.2, 0.25) is 0 Å². The highest BCUT2D eigenvalue weighted by Crippen LogP contribution is 2.25. The first-order valence-electron chi connectivity index (χ1n) is 4.82. The molecule has 0 fully saturated rings. The molecule has 4 nitrogen and oxygen atoms in total. The largest absolute Gasteiger partial charge is 0.321 e. The monoisotopic (exact) mass is 269 g/mol. The van der Waals surface area contributed by atoms with Gasteiger partial charge in [-0.05, 0) is 24.3 Å². The van der Waals surface area contributed by atoms with Crippen LogP contribution in [0.4, 0.5) is 5.69 Å². The number of aromatic nitrogens is 2. The molecule has 1 amide bonds. The normalized spacial score (nSPS) is 10.3. The van der Waals surface area contributed by atoms with Crippen LogP contribution >= 0.6 is 23.2 Å². The topological polar surface area (TPSA) is 46.9 Å². The third-order valence-corrected chi connectivity index (χ3v) is 2.86. The zero-order valence-electron chi connectivity index (χ0n) is 8.95. The van der Waals surface area contributed by atoms with E-state index in [1.807, 2.05) is 0 Å². The minimum absolute atomic E-state index is 0.288. The van der Waals surface area contributed by atoms with Crippen molar-refractivity contribution >= 4 is 34.8 Å². The number of hydrogen-bond donors (Lipinski definition) is 1. The number of nitrogens with one attached hydrogen (secondary N) is 1. The van der Waals surface area contributed by atoms with Crippen LogP contribution < -0.4 is 5.32 Å². The van der Waals surface area contributed by atoms with Crippen LogP contribution in [0.25, 0.3) is 0 Å². The second kappa shape index (κ2) is 4.77. The molecular formula is C11H9Cl2N3O. The summed E-state index contributed by atoms with van der Waals surface area (Å²) in [6.07, 6.45) is 1.70. The highest BCUT2D eigenvalue weighted by Gasteiger charge is 2.09. The van der Waals surface area contributed by atoms with Gasteiger partial charge in [0.1, 0.15) is 0 Å². The van der Waals surface area contributed by atoms with Crippen molar-refractivity contribution in [1.29, 1.82) is 0 Å². The Balaban J connectivity index is 2.15. The van der Waals surface area contributed by atoms with E-state index in [-0.39, 0.29) is 5.91 Å². The van der Waals surface area contributed by atoms with Crippen LogP contribution in [0.15, 0.2) is 30.5 Å². The summed E-state index contributed by atoms with van der Waals surface area (Å²) < 4.78 is 1.56. The fourth-order valence-electron chi connectivity index (χ4n) is 1.31. The average molecular weight is 270 g/mol. The Bertz CT molecular complexity index is 566. The Hall–Kier alpha value is -1.52. The van der Waals surface area contributed by atoms with Gasteiger partial charge < -0.3 is 5.32 Å². The maximum absolute atomic E-state index is 11.8. The molecule has 0 atom stereocenters. The SMILES string of the molecule is Cn1ccc(C(=O)Nc2ccc(Cl)c(Cl)c2)n1. The van der Waals surface area contributed by atoms with Gasteiger partial charge in [0, 0.05) is 18.9 Å². The number of anilines is 1. The van der Waals surface area contributed by atoms with E-state index in [2.05, 4.69) is 10.4 Å². The molecule has 0 aliphatic rings. The van der Waals surface area contributed by atoms with Gasteiger partial charge in [-0.25, -0.2) is 0 Å². The smallest absolute Gasteiger partial charge is 0.276 e. The second-order valence-corrected chi connectivity index (χ2v) is 4.27. The summed E-state index contributed by atoms with van der Waals surface area (Å²) >= 11 is 11.6. The highest BCUT2D eigenvalue weighted by atomic mass is 35.5. The van der Waals surface area contributed by atoms with Crippen LogP contribution in [-0.2, 0) is 7.05 Å². The van der Waals surface area contributed by atoms with Gasteiger partial charge in [0.25, 0.3) is 5.91 Å². The maximum Gasteiger partial charge on any atom is 0.276 e. The van der Waals surface area contributed by atoms with Crippen molar-refractivity contribution in [2.24, 2.45) is 7.05 Å². The van der Waals surface area contributed by atoms with Crippen molar-refractivity contribution in [3.8, 4) is 0 Å². The minimum Gasteiger partial charge on any atom is -0.321 e. The van der Waals surface area contributed by atoms with Crippen molar-refractivity contribution in [2.75, 3.05) is 5.32 Å². The molecule has 2 aromatic rings. The number of benzene rings is 1. The van der Waals surface area contributed by atoms with E-state index in [1.54, 1.807) is 42.2 Å². The zero-order valence-corrected chi connectivity index (χ0v) is 10.5. The number of rotatable bonds is 2. The van der Waals surface area contributed by atoms with Gasteiger partial charge in [0.05, 0.1) is 10.0 Å². The third kappa shape index (κ3) is 2.78. The first kappa shape index (κ1) is 12.0. The maximum atomic E-state index is 11.8. The van der Waals surface area contributed by atoms with Crippen LogP contribution in [0.3, 0.4) is 0 Å². The molecular weight excluding hydrogens is 261 g/mol. The van der Waals surface area contributed by atoms with E-state index in [0.717, 1.165) is 0 Å². The molecule has 0 saturated carbocycles. The van der Waals surface area contributed by atoms with Crippen molar-refractivity contribution in [2.45, 2.75) is 0 Å².